The average Bonchev–Trinajstić information content (AvgIpc) is 2.42. The zero-order chi connectivity index (χ0) is 14.8. The van der Waals surface area contributed by atoms with Crippen molar-refractivity contribution in [1.82, 2.24) is 4.31 Å². The van der Waals surface area contributed by atoms with Crippen molar-refractivity contribution in [2.24, 2.45) is 5.92 Å². The van der Waals surface area contributed by atoms with E-state index in [1.165, 1.54) is 22.5 Å². The van der Waals surface area contributed by atoms with Crippen molar-refractivity contribution >= 4 is 21.6 Å². The first-order chi connectivity index (χ1) is 9.46. The second-order valence-electron chi connectivity index (χ2n) is 4.94. The predicted molar refractivity (Wildman–Crippen MR) is 74.6 cm³/mol. The zero-order valence-electron chi connectivity index (χ0n) is 10.9. The second-order valence-corrected chi connectivity index (χ2v) is 7.25. The van der Waals surface area contributed by atoms with Crippen LogP contribution in [0.3, 0.4) is 0 Å². The number of rotatable bonds is 4. The van der Waals surface area contributed by atoms with E-state index in [1.807, 2.05) is 0 Å². The molecule has 0 aliphatic carbocycles. The molecule has 20 heavy (non-hydrogen) atoms. The van der Waals surface area contributed by atoms with Crippen LogP contribution in [0.25, 0.3) is 0 Å². The monoisotopic (exact) mass is 321 g/mol. The Bertz CT molecular complexity index is 577. The summed E-state index contributed by atoms with van der Waals surface area (Å²) in [5.41, 5.74) is 0. The zero-order valence-corrected chi connectivity index (χ0v) is 12.5. The molecule has 7 heteroatoms. The number of hydrogen-bond acceptors (Lipinski definition) is 3. The largest absolute Gasteiger partial charge is 0.396 e. The van der Waals surface area contributed by atoms with Gasteiger partial charge in [-0.1, -0.05) is 17.7 Å². The fourth-order valence-electron chi connectivity index (χ4n) is 2.49. The lowest BCUT2D eigenvalue weighted by molar-refractivity contribution is 0.202. The van der Waals surface area contributed by atoms with Gasteiger partial charge in [-0.2, -0.15) is 4.31 Å². The van der Waals surface area contributed by atoms with E-state index in [9.17, 15) is 12.8 Å². The van der Waals surface area contributed by atoms with Crippen molar-refractivity contribution in [3.05, 3.63) is 29.0 Å². The SMILES string of the molecule is O=S(=O)(c1cccc(Cl)c1F)N1CCCC(CCO)C1. The van der Waals surface area contributed by atoms with Crippen molar-refractivity contribution in [1.29, 1.82) is 0 Å². The molecule has 1 saturated heterocycles. The summed E-state index contributed by atoms with van der Waals surface area (Å²) in [7, 11) is -3.87. The number of aliphatic hydroxyl groups excluding tert-OH is 1. The smallest absolute Gasteiger partial charge is 0.246 e. The number of sulfonamides is 1. The summed E-state index contributed by atoms with van der Waals surface area (Å²) in [5.74, 6) is -0.788. The van der Waals surface area contributed by atoms with Crippen LogP contribution in [0.1, 0.15) is 19.3 Å². The Hall–Kier alpha value is -0.690. The van der Waals surface area contributed by atoms with Gasteiger partial charge in [0, 0.05) is 19.7 Å². The molecule has 1 heterocycles. The van der Waals surface area contributed by atoms with Crippen LogP contribution in [-0.2, 0) is 10.0 Å². The molecule has 0 aromatic heterocycles. The summed E-state index contributed by atoms with van der Waals surface area (Å²) >= 11 is 5.65. The molecule has 0 saturated carbocycles. The molecule has 0 spiro atoms. The normalized spacial score (nSPS) is 21.1. The fourth-order valence-corrected chi connectivity index (χ4v) is 4.36. The van der Waals surface area contributed by atoms with Crippen molar-refractivity contribution in [3.8, 4) is 0 Å². The number of hydrogen-bond donors (Lipinski definition) is 1. The van der Waals surface area contributed by atoms with Crippen LogP contribution in [0, 0.1) is 11.7 Å². The number of piperidine rings is 1. The van der Waals surface area contributed by atoms with Crippen molar-refractivity contribution in [2.75, 3.05) is 19.7 Å². The van der Waals surface area contributed by atoms with E-state index in [1.54, 1.807) is 0 Å². The van der Waals surface area contributed by atoms with E-state index in [-0.39, 0.29) is 22.4 Å². The summed E-state index contributed by atoms with van der Waals surface area (Å²) in [5, 5.41) is 8.76. The molecule has 4 nitrogen and oxygen atoms in total. The van der Waals surface area contributed by atoms with Crippen LogP contribution in [0.2, 0.25) is 5.02 Å². The van der Waals surface area contributed by atoms with Gasteiger partial charge in [-0.3, -0.25) is 0 Å². The summed E-state index contributed by atoms with van der Waals surface area (Å²) < 4.78 is 40.2. The highest BCUT2D eigenvalue weighted by Crippen LogP contribution is 2.28. The standard InChI is InChI=1S/C13H17ClFNO3S/c14-11-4-1-5-12(13(11)15)20(18,19)16-7-2-3-10(9-16)6-8-17/h1,4-5,10,17H,2-3,6-9H2. The van der Waals surface area contributed by atoms with Gasteiger partial charge in [-0.15, -0.1) is 0 Å². The third-order valence-corrected chi connectivity index (χ3v) is 5.73. The maximum absolute atomic E-state index is 13.9. The highest BCUT2D eigenvalue weighted by Gasteiger charge is 2.32. The average molecular weight is 322 g/mol. The maximum atomic E-state index is 13.9. The molecule has 2 rings (SSSR count). The van der Waals surface area contributed by atoms with Gasteiger partial charge in [0.25, 0.3) is 0 Å². The van der Waals surface area contributed by atoms with Gasteiger partial charge >= 0.3 is 0 Å². The van der Waals surface area contributed by atoms with Gasteiger partial charge in [-0.25, -0.2) is 12.8 Å². The van der Waals surface area contributed by atoms with Gasteiger partial charge in [-0.05, 0) is 37.3 Å². The van der Waals surface area contributed by atoms with E-state index < -0.39 is 15.8 Å². The molecule has 1 N–H and O–H groups in total. The molecular formula is C13H17ClFNO3S. The minimum Gasteiger partial charge on any atom is -0.396 e. The van der Waals surface area contributed by atoms with Crippen LogP contribution >= 0.6 is 11.6 Å². The first kappa shape index (κ1) is 15.7. The van der Waals surface area contributed by atoms with E-state index in [2.05, 4.69) is 0 Å². The minimum atomic E-state index is -3.87. The van der Waals surface area contributed by atoms with Gasteiger partial charge in [0.15, 0.2) is 5.82 Å². The van der Waals surface area contributed by atoms with E-state index in [0.717, 1.165) is 6.42 Å². The Morgan fingerprint density at radius 3 is 2.90 bits per heavy atom. The minimum absolute atomic E-state index is 0.0318. The van der Waals surface area contributed by atoms with E-state index in [4.69, 9.17) is 16.7 Å². The van der Waals surface area contributed by atoms with E-state index in [0.29, 0.717) is 25.9 Å². The highest BCUT2D eigenvalue weighted by molar-refractivity contribution is 7.89. The Kier molecular flexibility index (Phi) is 5.01. The molecular weight excluding hydrogens is 305 g/mol. The quantitative estimate of drug-likeness (QED) is 0.925. The number of aliphatic hydroxyl groups is 1. The summed E-state index contributed by atoms with van der Waals surface area (Å²) in [6.07, 6.45) is 2.15. The molecule has 1 aliphatic heterocycles. The first-order valence-electron chi connectivity index (χ1n) is 6.52. The van der Waals surface area contributed by atoms with Crippen LogP contribution in [0.5, 0.6) is 0 Å². The van der Waals surface area contributed by atoms with Crippen molar-refractivity contribution in [2.45, 2.75) is 24.2 Å². The van der Waals surface area contributed by atoms with Crippen LogP contribution in [0.4, 0.5) is 4.39 Å². The van der Waals surface area contributed by atoms with Crippen LogP contribution in [-0.4, -0.2) is 37.5 Å². The molecule has 0 bridgehead atoms. The summed E-state index contributed by atoms with van der Waals surface area (Å²) in [6, 6.07) is 3.97. The molecule has 112 valence electrons. The second kappa shape index (κ2) is 6.39. The molecule has 1 aliphatic rings. The lowest BCUT2D eigenvalue weighted by Crippen LogP contribution is -2.40. The first-order valence-corrected chi connectivity index (χ1v) is 8.33. The molecule has 0 amide bonds. The lowest BCUT2D eigenvalue weighted by atomic mass is 9.97. The molecule has 1 fully saturated rings. The van der Waals surface area contributed by atoms with Gasteiger partial charge in [0.2, 0.25) is 10.0 Å². The predicted octanol–water partition coefficient (Wildman–Crippen LogP) is 2.26. The third-order valence-electron chi connectivity index (χ3n) is 3.55. The fraction of sp³-hybridized carbons (Fsp3) is 0.538. The third kappa shape index (κ3) is 3.14. The highest BCUT2D eigenvalue weighted by atomic mass is 35.5. The molecule has 1 aromatic rings. The maximum Gasteiger partial charge on any atom is 0.246 e. The summed E-state index contributed by atoms with van der Waals surface area (Å²) in [4.78, 5) is -0.380. The van der Waals surface area contributed by atoms with Crippen LogP contribution < -0.4 is 0 Å². The summed E-state index contributed by atoms with van der Waals surface area (Å²) in [6.45, 7) is 0.717. The Balaban J connectivity index is 2.28. The topological polar surface area (TPSA) is 57.6 Å². The Morgan fingerprint density at radius 2 is 2.20 bits per heavy atom. The molecule has 1 atom stereocenters. The number of halogens is 2. The van der Waals surface area contributed by atoms with Gasteiger partial charge in [0.1, 0.15) is 4.90 Å². The number of nitrogens with zero attached hydrogens (tertiary/aromatic N) is 1. The van der Waals surface area contributed by atoms with Crippen LogP contribution in [0.15, 0.2) is 23.1 Å². The Labute approximate surface area is 123 Å². The van der Waals surface area contributed by atoms with Crippen molar-refractivity contribution < 1.29 is 17.9 Å². The van der Waals surface area contributed by atoms with Gasteiger partial charge < -0.3 is 5.11 Å². The van der Waals surface area contributed by atoms with Gasteiger partial charge in [0.05, 0.1) is 5.02 Å². The van der Waals surface area contributed by atoms with E-state index >= 15 is 0 Å². The number of benzene rings is 1. The lowest BCUT2D eigenvalue weighted by Gasteiger charge is -2.31. The Morgan fingerprint density at radius 1 is 1.45 bits per heavy atom. The molecule has 0 radical (unpaired) electrons. The molecule has 1 unspecified atom stereocenters. The van der Waals surface area contributed by atoms with Crippen molar-refractivity contribution in [3.63, 3.8) is 0 Å². The molecule has 1 aromatic carbocycles.